The van der Waals surface area contributed by atoms with Gasteiger partial charge in [0.1, 0.15) is 11.3 Å². The van der Waals surface area contributed by atoms with Crippen LogP contribution in [0.25, 0.3) is 11.0 Å². The fraction of sp³-hybridized carbons (Fsp3) is 0.365. The van der Waals surface area contributed by atoms with Crippen molar-refractivity contribution in [1.82, 2.24) is 0 Å². The first kappa shape index (κ1) is 39.5. The number of hydrogen-bond acceptors (Lipinski definition) is 8. The van der Waals surface area contributed by atoms with Gasteiger partial charge in [0.15, 0.2) is 17.8 Å². The molecule has 0 spiro atoms. The summed E-state index contributed by atoms with van der Waals surface area (Å²) < 4.78 is 25.8. The van der Waals surface area contributed by atoms with Crippen LogP contribution in [-0.4, -0.2) is 28.8 Å². The van der Waals surface area contributed by atoms with Crippen molar-refractivity contribution in [2.45, 2.75) is 115 Å². The highest BCUT2D eigenvalue weighted by molar-refractivity contribution is 5.90. The molecule has 8 heteroatoms. The van der Waals surface area contributed by atoms with Crippen LogP contribution in [0.4, 0.5) is 0 Å². The molecule has 0 saturated heterocycles. The number of hydrogen-bond donors (Lipinski definition) is 1. The van der Waals surface area contributed by atoms with Crippen LogP contribution in [0.3, 0.4) is 0 Å². The maximum atomic E-state index is 14.8. The molecule has 4 aliphatic rings. The second kappa shape index (κ2) is 16.3. The summed E-state index contributed by atoms with van der Waals surface area (Å²) in [5, 5.41) is 10.7. The number of carbonyl (C=O) groups excluding carboxylic acids is 2. The van der Waals surface area contributed by atoms with E-state index < -0.39 is 42.0 Å². The predicted octanol–water partition coefficient (Wildman–Crippen LogP) is 9.51. The summed E-state index contributed by atoms with van der Waals surface area (Å²) in [6.07, 6.45) is 3.00. The molecule has 1 fully saturated rings. The lowest BCUT2D eigenvalue weighted by molar-refractivity contribution is -0.190. The normalized spacial score (nSPS) is 25.0. The Morgan fingerprint density at radius 1 is 0.867 bits per heavy atom. The van der Waals surface area contributed by atoms with Crippen molar-refractivity contribution in [3.05, 3.63) is 157 Å². The number of fused-ring (bicyclic) bond motifs is 9. The summed E-state index contributed by atoms with van der Waals surface area (Å²) in [5.74, 6) is 6.43. The van der Waals surface area contributed by atoms with Gasteiger partial charge < -0.3 is 23.7 Å². The summed E-state index contributed by atoms with van der Waals surface area (Å²) in [7, 11) is 0. The zero-order chi connectivity index (χ0) is 41.5. The Morgan fingerprint density at radius 2 is 1.70 bits per heavy atom. The van der Waals surface area contributed by atoms with Gasteiger partial charge in [-0.25, -0.2) is 9.59 Å². The van der Waals surface area contributed by atoms with Gasteiger partial charge in [0.2, 0.25) is 0 Å². The summed E-state index contributed by atoms with van der Waals surface area (Å²) >= 11 is 0. The number of allylic oxidation sites excluding steroid dienone is 1. The molecule has 0 amide bonds. The second-order valence-corrected chi connectivity index (χ2v) is 17.5. The van der Waals surface area contributed by atoms with Gasteiger partial charge in [-0.2, -0.15) is 0 Å². The highest BCUT2D eigenvalue weighted by atomic mass is 16.6. The minimum atomic E-state index is -1.27. The van der Waals surface area contributed by atoms with E-state index >= 15 is 0 Å². The molecule has 1 saturated carbocycles. The molecular formula is C52H50O8. The quantitative estimate of drug-likeness (QED) is 0.0828. The third-order valence-corrected chi connectivity index (χ3v) is 13.2. The van der Waals surface area contributed by atoms with Gasteiger partial charge in [-0.1, -0.05) is 90.2 Å². The summed E-state index contributed by atoms with van der Waals surface area (Å²) in [6.45, 7) is 5.21. The maximum Gasteiger partial charge on any atom is 0.336 e. The average molecular weight is 803 g/mol. The average Bonchev–Trinajstić information content (AvgIpc) is 3.23. The van der Waals surface area contributed by atoms with Crippen LogP contribution in [0, 0.1) is 17.8 Å². The molecule has 6 unspecified atom stereocenters. The molecule has 306 valence electrons. The van der Waals surface area contributed by atoms with E-state index in [1.54, 1.807) is 12.1 Å². The van der Waals surface area contributed by atoms with Gasteiger partial charge in [0.05, 0.1) is 18.6 Å². The zero-order valence-corrected chi connectivity index (χ0v) is 34.4. The number of aliphatic hydroxyl groups excluding tert-OH is 1. The Balaban J connectivity index is 1.18. The first-order valence-corrected chi connectivity index (χ1v) is 21.2. The standard InChI is InChI=1S/C52H50O8/c1-31(2)40-18-15-33-16-19-41-37(25-33)13-7-8-23-52(3)50(59-51(40)56)49(47-44(60-52)22-21-43-39(30-53)29-46(55)57-48(43)47)58-45(54)28-38-27-36(17-20-42(38)41)35-14-9-12-34(26-35)24-32-10-5-4-6-11-32/h4-6,9-12,14,16,19,21-22,25-26,29,36,38,42,49-50,53H,13,15,17-18,20,23-24,27-28,30H2,1-3H3. The topological polar surface area (TPSA) is 112 Å². The SMILES string of the molecule is CC(C)=C1CCc2ccc3c(c2)CC#CCC2(C)Oc4ccc5c(CO)cc(=O)oc5c4C(OC(=O)CC4CC(c5cccc(Cc6ccccc6)c5)CCC34)C2OC1=O. The molecule has 3 aliphatic heterocycles. The van der Waals surface area contributed by atoms with Crippen LogP contribution >= 0.6 is 0 Å². The van der Waals surface area contributed by atoms with Crippen LogP contribution in [0.1, 0.15) is 122 Å². The van der Waals surface area contributed by atoms with Crippen molar-refractivity contribution in [2.24, 2.45) is 5.92 Å². The molecule has 4 heterocycles. The number of aliphatic hydroxyl groups is 1. The number of rotatable bonds is 4. The molecule has 4 aromatic carbocycles. The van der Waals surface area contributed by atoms with Crippen molar-refractivity contribution in [3.8, 4) is 17.6 Å². The van der Waals surface area contributed by atoms with E-state index in [-0.39, 0.29) is 41.7 Å². The van der Waals surface area contributed by atoms with E-state index in [4.69, 9.17) is 18.6 Å². The molecule has 5 bridgehead atoms. The van der Waals surface area contributed by atoms with Crippen LogP contribution in [0.2, 0.25) is 0 Å². The van der Waals surface area contributed by atoms with Gasteiger partial charge in [-0.15, -0.1) is 0 Å². The highest BCUT2D eigenvalue weighted by Gasteiger charge is 2.53. The van der Waals surface area contributed by atoms with Crippen molar-refractivity contribution in [2.75, 3.05) is 0 Å². The lowest BCUT2D eigenvalue weighted by atomic mass is 9.67. The molecule has 1 aromatic heterocycles. The van der Waals surface area contributed by atoms with E-state index in [2.05, 4.69) is 78.6 Å². The Bertz CT molecular complexity index is 2640. The van der Waals surface area contributed by atoms with E-state index in [9.17, 15) is 19.5 Å². The van der Waals surface area contributed by atoms with E-state index in [1.807, 2.05) is 26.8 Å². The maximum absolute atomic E-state index is 14.8. The number of esters is 2. The molecule has 6 atom stereocenters. The Kier molecular flexibility index (Phi) is 10.7. The highest BCUT2D eigenvalue weighted by Crippen LogP contribution is 2.51. The number of benzene rings is 4. The summed E-state index contributed by atoms with van der Waals surface area (Å²) in [6, 6.07) is 30.7. The van der Waals surface area contributed by atoms with Gasteiger partial charge in [-0.05, 0) is 128 Å². The molecule has 1 N–H and O–H groups in total. The van der Waals surface area contributed by atoms with Gasteiger partial charge >= 0.3 is 17.6 Å². The Morgan fingerprint density at radius 3 is 2.52 bits per heavy atom. The van der Waals surface area contributed by atoms with E-state index in [0.717, 1.165) is 42.4 Å². The number of aryl methyl sites for hydroxylation is 1. The largest absolute Gasteiger partial charge is 0.482 e. The smallest absolute Gasteiger partial charge is 0.336 e. The first-order valence-electron chi connectivity index (χ1n) is 21.2. The Labute approximate surface area is 350 Å². The molecular weight excluding hydrogens is 753 g/mol. The lowest BCUT2D eigenvalue weighted by Gasteiger charge is -2.45. The van der Waals surface area contributed by atoms with Gasteiger partial charge in [0.25, 0.3) is 0 Å². The minimum Gasteiger partial charge on any atom is -0.482 e. The lowest BCUT2D eigenvalue weighted by Crippen LogP contribution is -2.54. The molecule has 8 nitrogen and oxygen atoms in total. The molecule has 60 heavy (non-hydrogen) atoms. The first-order chi connectivity index (χ1) is 29.1. The van der Waals surface area contributed by atoms with E-state index in [0.29, 0.717) is 41.5 Å². The third kappa shape index (κ3) is 7.68. The monoisotopic (exact) mass is 802 g/mol. The van der Waals surface area contributed by atoms with Crippen molar-refractivity contribution < 1.29 is 33.3 Å². The van der Waals surface area contributed by atoms with Crippen molar-refractivity contribution >= 4 is 22.9 Å². The van der Waals surface area contributed by atoms with Gasteiger partial charge in [-0.3, -0.25) is 4.79 Å². The third-order valence-electron chi connectivity index (χ3n) is 13.2. The number of carbonyl (C=O) groups is 2. The van der Waals surface area contributed by atoms with Crippen LogP contribution in [0.15, 0.2) is 111 Å². The molecule has 1 aliphatic carbocycles. The molecule has 5 aromatic rings. The zero-order valence-electron chi connectivity index (χ0n) is 34.4. The molecule has 0 radical (unpaired) electrons. The minimum absolute atomic E-state index is 0.0714. The molecule has 9 rings (SSSR count). The second-order valence-electron chi connectivity index (χ2n) is 17.5. The fourth-order valence-electron chi connectivity index (χ4n) is 10.1. The summed E-state index contributed by atoms with van der Waals surface area (Å²) in [5.41, 5.74) is 7.45. The number of ether oxygens (including phenoxy) is 3. The van der Waals surface area contributed by atoms with Crippen molar-refractivity contribution in [3.63, 3.8) is 0 Å². The van der Waals surface area contributed by atoms with Crippen molar-refractivity contribution in [1.29, 1.82) is 0 Å². The fourth-order valence-corrected chi connectivity index (χ4v) is 10.1. The predicted molar refractivity (Wildman–Crippen MR) is 229 cm³/mol. The summed E-state index contributed by atoms with van der Waals surface area (Å²) in [4.78, 5) is 42.2. The van der Waals surface area contributed by atoms with Crippen LogP contribution in [0.5, 0.6) is 5.75 Å². The van der Waals surface area contributed by atoms with E-state index in [1.165, 1.54) is 28.3 Å². The Hall–Kier alpha value is -5.91. The van der Waals surface area contributed by atoms with Gasteiger partial charge in [0, 0.05) is 29.9 Å². The van der Waals surface area contributed by atoms with Crippen LogP contribution in [-0.2, 0) is 44.9 Å². The van der Waals surface area contributed by atoms with Crippen LogP contribution < -0.4 is 10.4 Å².